The number of likely N-dealkylation sites (tertiary alicyclic amines) is 1. The van der Waals surface area contributed by atoms with Crippen LogP contribution in [-0.4, -0.2) is 25.0 Å². The van der Waals surface area contributed by atoms with Crippen LogP contribution in [0.15, 0.2) is 0 Å². The number of hydrogen-bond acceptors (Lipinski definition) is 1. The van der Waals surface area contributed by atoms with Crippen LogP contribution in [0.3, 0.4) is 0 Å². The lowest BCUT2D eigenvalue weighted by molar-refractivity contribution is 0.185. The molecular formula is C12H23N. The summed E-state index contributed by atoms with van der Waals surface area (Å²) in [5, 5.41) is 0. The molecule has 1 aliphatic heterocycles. The first-order valence-corrected chi connectivity index (χ1v) is 5.67. The van der Waals surface area contributed by atoms with Crippen LogP contribution >= 0.6 is 0 Å². The van der Waals surface area contributed by atoms with Crippen molar-refractivity contribution in [3.63, 3.8) is 0 Å². The summed E-state index contributed by atoms with van der Waals surface area (Å²) in [5.74, 6) is 3.02. The minimum absolute atomic E-state index is 0.512. The minimum atomic E-state index is 0.512. The van der Waals surface area contributed by atoms with E-state index in [1.807, 2.05) is 0 Å². The minimum Gasteiger partial charge on any atom is -0.306 e. The third-order valence-corrected chi connectivity index (χ3v) is 3.89. The van der Waals surface area contributed by atoms with Gasteiger partial charge in [-0.2, -0.15) is 0 Å². The van der Waals surface area contributed by atoms with Gasteiger partial charge in [-0.15, -0.1) is 0 Å². The molecular weight excluding hydrogens is 158 g/mol. The van der Waals surface area contributed by atoms with Crippen molar-refractivity contribution in [2.24, 2.45) is 23.2 Å². The second-order valence-corrected chi connectivity index (χ2v) is 6.20. The Kier molecular flexibility index (Phi) is 2.18. The molecule has 0 bridgehead atoms. The predicted octanol–water partition coefficient (Wildman–Crippen LogP) is 2.62. The van der Waals surface area contributed by atoms with Gasteiger partial charge in [0.2, 0.25) is 0 Å². The van der Waals surface area contributed by atoms with E-state index in [2.05, 4.69) is 32.7 Å². The first-order chi connectivity index (χ1) is 5.98. The molecule has 2 atom stereocenters. The summed E-state index contributed by atoms with van der Waals surface area (Å²) in [6.45, 7) is 9.90. The average Bonchev–Trinajstić information content (AvgIpc) is 2.73. The van der Waals surface area contributed by atoms with Gasteiger partial charge in [-0.1, -0.05) is 20.8 Å². The predicted molar refractivity (Wildman–Crippen MR) is 56.7 cm³/mol. The van der Waals surface area contributed by atoms with Crippen LogP contribution in [0.5, 0.6) is 0 Å². The van der Waals surface area contributed by atoms with Gasteiger partial charge in [-0.3, -0.25) is 0 Å². The van der Waals surface area contributed by atoms with E-state index in [4.69, 9.17) is 0 Å². The molecule has 0 radical (unpaired) electrons. The van der Waals surface area contributed by atoms with Crippen molar-refractivity contribution in [3.8, 4) is 0 Å². The Bertz CT molecular complexity index is 188. The van der Waals surface area contributed by atoms with Gasteiger partial charge >= 0.3 is 0 Å². The molecule has 0 N–H and O–H groups in total. The fourth-order valence-corrected chi connectivity index (χ4v) is 2.95. The largest absolute Gasteiger partial charge is 0.306 e. The normalized spacial score (nSPS) is 36.9. The Morgan fingerprint density at radius 1 is 1.08 bits per heavy atom. The Balaban J connectivity index is 2.07. The summed E-state index contributed by atoms with van der Waals surface area (Å²) in [7, 11) is 2.28. The monoisotopic (exact) mass is 181 g/mol. The summed E-state index contributed by atoms with van der Waals surface area (Å²) >= 11 is 0. The second kappa shape index (κ2) is 2.98. The topological polar surface area (TPSA) is 3.24 Å². The molecule has 76 valence electrons. The smallest absolute Gasteiger partial charge is 0.00150 e. The lowest BCUT2D eigenvalue weighted by atomic mass is 9.73. The highest BCUT2D eigenvalue weighted by atomic mass is 15.1. The maximum atomic E-state index is 2.53. The summed E-state index contributed by atoms with van der Waals surface area (Å²) in [6, 6.07) is 0. The van der Waals surface area contributed by atoms with Gasteiger partial charge in [0.15, 0.2) is 0 Å². The molecule has 1 saturated carbocycles. The van der Waals surface area contributed by atoms with Gasteiger partial charge in [0.25, 0.3) is 0 Å². The van der Waals surface area contributed by atoms with Crippen LogP contribution in [0, 0.1) is 23.2 Å². The molecule has 0 aromatic heterocycles. The van der Waals surface area contributed by atoms with Gasteiger partial charge in [0, 0.05) is 13.1 Å². The highest BCUT2D eigenvalue weighted by Crippen LogP contribution is 2.48. The molecule has 1 aliphatic carbocycles. The molecule has 0 aromatic rings. The third kappa shape index (κ3) is 1.90. The molecule has 0 spiro atoms. The van der Waals surface area contributed by atoms with E-state index in [1.165, 1.54) is 25.9 Å². The molecule has 2 aliphatic rings. The fourth-order valence-electron chi connectivity index (χ4n) is 2.95. The molecule has 0 aromatic carbocycles. The van der Waals surface area contributed by atoms with Crippen molar-refractivity contribution in [2.75, 3.05) is 20.1 Å². The first-order valence-electron chi connectivity index (χ1n) is 5.67. The highest BCUT2D eigenvalue weighted by molar-refractivity contribution is 4.96. The van der Waals surface area contributed by atoms with Gasteiger partial charge in [-0.25, -0.2) is 0 Å². The molecule has 2 rings (SSSR count). The first kappa shape index (κ1) is 9.51. The van der Waals surface area contributed by atoms with Gasteiger partial charge in [-0.05, 0) is 43.1 Å². The van der Waals surface area contributed by atoms with Crippen LogP contribution in [0.25, 0.3) is 0 Å². The van der Waals surface area contributed by atoms with Crippen molar-refractivity contribution >= 4 is 0 Å². The molecule has 1 nitrogen and oxygen atoms in total. The molecule has 1 heteroatoms. The maximum Gasteiger partial charge on any atom is 0.00150 e. The highest BCUT2D eigenvalue weighted by Gasteiger charge is 2.45. The summed E-state index contributed by atoms with van der Waals surface area (Å²) in [4.78, 5) is 2.53. The Hall–Kier alpha value is -0.0400. The lowest BCUT2D eigenvalue weighted by Crippen LogP contribution is -2.28. The number of hydrogen-bond donors (Lipinski definition) is 0. The van der Waals surface area contributed by atoms with Crippen LogP contribution in [0.2, 0.25) is 0 Å². The number of nitrogens with zero attached hydrogens (tertiary/aromatic N) is 1. The quantitative estimate of drug-likeness (QED) is 0.601. The van der Waals surface area contributed by atoms with Crippen LogP contribution in [0.1, 0.15) is 33.6 Å². The maximum absolute atomic E-state index is 2.53. The molecule has 13 heavy (non-hydrogen) atoms. The van der Waals surface area contributed by atoms with E-state index in [0.717, 1.165) is 17.8 Å². The Morgan fingerprint density at radius 2 is 1.69 bits per heavy atom. The van der Waals surface area contributed by atoms with E-state index in [1.54, 1.807) is 0 Å². The van der Waals surface area contributed by atoms with Crippen LogP contribution in [-0.2, 0) is 0 Å². The number of rotatable bonds is 1. The standard InChI is InChI=1S/C12H23N/c1-12(2,3)11-8-13(4)7-10(11)9-5-6-9/h9-11H,5-8H2,1-4H3. The average molecular weight is 181 g/mol. The van der Waals surface area contributed by atoms with Crippen molar-refractivity contribution in [3.05, 3.63) is 0 Å². The van der Waals surface area contributed by atoms with Crippen molar-refractivity contribution in [2.45, 2.75) is 33.6 Å². The third-order valence-electron chi connectivity index (χ3n) is 3.89. The van der Waals surface area contributed by atoms with Crippen molar-refractivity contribution in [1.82, 2.24) is 4.90 Å². The van der Waals surface area contributed by atoms with Crippen LogP contribution in [0.4, 0.5) is 0 Å². The Morgan fingerprint density at radius 3 is 2.15 bits per heavy atom. The van der Waals surface area contributed by atoms with E-state index < -0.39 is 0 Å². The zero-order valence-electron chi connectivity index (χ0n) is 9.51. The zero-order valence-corrected chi connectivity index (χ0v) is 9.51. The summed E-state index contributed by atoms with van der Waals surface area (Å²) in [6.07, 6.45) is 3.01. The SMILES string of the molecule is CN1CC(C2CC2)C(C(C)(C)C)C1. The summed E-state index contributed by atoms with van der Waals surface area (Å²) < 4.78 is 0. The van der Waals surface area contributed by atoms with Gasteiger partial charge < -0.3 is 4.90 Å². The fraction of sp³-hybridized carbons (Fsp3) is 1.00. The lowest BCUT2D eigenvalue weighted by Gasteiger charge is -2.31. The molecule has 1 heterocycles. The van der Waals surface area contributed by atoms with E-state index in [-0.39, 0.29) is 0 Å². The summed E-state index contributed by atoms with van der Waals surface area (Å²) in [5.41, 5.74) is 0.512. The Labute approximate surface area is 82.5 Å². The van der Waals surface area contributed by atoms with E-state index >= 15 is 0 Å². The molecule has 2 unspecified atom stereocenters. The zero-order chi connectivity index (χ0) is 9.64. The molecule has 0 amide bonds. The van der Waals surface area contributed by atoms with E-state index in [9.17, 15) is 0 Å². The molecule has 1 saturated heterocycles. The van der Waals surface area contributed by atoms with Crippen molar-refractivity contribution in [1.29, 1.82) is 0 Å². The second-order valence-electron chi connectivity index (χ2n) is 6.20. The van der Waals surface area contributed by atoms with E-state index in [0.29, 0.717) is 5.41 Å². The van der Waals surface area contributed by atoms with Crippen molar-refractivity contribution < 1.29 is 0 Å². The van der Waals surface area contributed by atoms with Gasteiger partial charge in [0.1, 0.15) is 0 Å². The van der Waals surface area contributed by atoms with Crippen LogP contribution < -0.4 is 0 Å². The molecule has 2 fully saturated rings. The van der Waals surface area contributed by atoms with Gasteiger partial charge in [0.05, 0.1) is 0 Å².